The second kappa shape index (κ2) is 9.39. The van der Waals surface area contributed by atoms with Crippen molar-refractivity contribution in [1.29, 1.82) is 0 Å². The third-order valence-electron chi connectivity index (χ3n) is 4.52. The van der Waals surface area contributed by atoms with Crippen LogP contribution in [0.2, 0.25) is 0 Å². The Morgan fingerprint density at radius 3 is 2.62 bits per heavy atom. The largest absolute Gasteiger partial charge is 0.494 e. The molecule has 0 saturated carbocycles. The highest BCUT2D eigenvalue weighted by Gasteiger charge is 2.27. The van der Waals surface area contributed by atoms with Gasteiger partial charge >= 0.3 is 0 Å². The number of rotatable bonds is 9. The molecule has 0 unspecified atom stereocenters. The third-order valence-corrected chi connectivity index (χ3v) is 5.84. The standard InChI is InChI=1S/C18H30N2O3S/c1-2-3-4-5-13-23-17-10-8-16(9-11-17)14-20-12-6-7-18(15-20)24(19,21)22/h8-11,18H,2-7,12-15H2,1H3,(H2,19,21,22)/t18-/m0/s1. The first-order valence-corrected chi connectivity index (χ1v) is 10.6. The van der Waals surface area contributed by atoms with Crippen molar-refractivity contribution in [2.45, 2.75) is 57.2 Å². The fourth-order valence-electron chi connectivity index (χ4n) is 3.09. The number of piperidine rings is 1. The van der Waals surface area contributed by atoms with Gasteiger partial charge < -0.3 is 4.74 Å². The quantitative estimate of drug-likeness (QED) is 0.692. The van der Waals surface area contributed by atoms with E-state index in [2.05, 4.69) is 24.0 Å². The number of nitrogens with zero attached hydrogens (tertiary/aromatic N) is 1. The molecular formula is C18H30N2O3S. The normalized spacial score (nSPS) is 19.3. The van der Waals surface area contributed by atoms with Crippen molar-refractivity contribution in [2.24, 2.45) is 5.14 Å². The minimum atomic E-state index is -3.44. The first-order valence-electron chi connectivity index (χ1n) is 8.94. The first-order chi connectivity index (χ1) is 11.5. The molecule has 1 aliphatic heterocycles. The minimum Gasteiger partial charge on any atom is -0.494 e. The zero-order chi connectivity index (χ0) is 17.4. The van der Waals surface area contributed by atoms with Gasteiger partial charge in [0.15, 0.2) is 0 Å². The summed E-state index contributed by atoms with van der Waals surface area (Å²) in [5.41, 5.74) is 1.17. The molecule has 1 fully saturated rings. The highest BCUT2D eigenvalue weighted by molar-refractivity contribution is 7.89. The fourth-order valence-corrected chi connectivity index (χ4v) is 4.01. The van der Waals surface area contributed by atoms with Gasteiger partial charge in [-0.05, 0) is 43.5 Å². The van der Waals surface area contributed by atoms with Gasteiger partial charge in [-0.2, -0.15) is 0 Å². The van der Waals surface area contributed by atoms with Crippen molar-refractivity contribution < 1.29 is 13.2 Å². The van der Waals surface area contributed by atoms with E-state index in [4.69, 9.17) is 9.88 Å². The molecule has 0 aromatic heterocycles. The summed E-state index contributed by atoms with van der Waals surface area (Å²) in [5, 5.41) is 4.86. The van der Waals surface area contributed by atoms with Crippen LogP contribution < -0.4 is 9.88 Å². The fraction of sp³-hybridized carbons (Fsp3) is 0.667. The first kappa shape index (κ1) is 19.2. The highest BCUT2D eigenvalue weighted by atomic mass is 32.2. The van der Waals surface area contributed by atoms with E-state index in [9.17, 15) is 8.42 Å². The van der Waals surface area contributed by atoms with E-state index in [1.807, 2.05) is 12.1 Å². The van der Waals surface area contributed by atoms with Crippen molar-refractivity contribution >= 4 is 10.0 Å². The topological polar surface area (TPSA) is 72.6 Å². The maximum absolute atomic E-state index is 11.5. The zero-order valence-corrected chi connectivity index (χ0v) is 15.4. The van der Waals surface area contributed by atoms with Crippen LogP contribution in [0.4, 0.5) is 0 Å². The number of benzene rings is 1. The van der Waals surface area contributed by atoms with Crippen molar-refractivity contribution in [3.8, 4) is 5.75 Å². The number of primary sulfonamides is 1. The molecule has 0 aliphatic carbocycles. The van der Waals surface area contributed by atoms with E-state index < -0.39 is 15.3 Å². The van der Waals surface area contributed by atoms with Crippen LogP contribution in [0.15, 0.2) is 24.3 Å². The predicted octanol–water partition coefficient (Wildman–Crippen LogP) is 2.90. The molecule has 0 amide bonds. The van der Waals surface area contributed by atoms with Crippen LogP contribution in [0, 0.1) is 0 Å². The molecule has 5 nitrogen and oxygen atoms in total. The maximum Gasteiger partial charge on any atom is 0.213 e. The smallest absolute Gasteiger partial charge is 0.213 e. The van der Waals surface area contributed by atoms with Crippen LogP contribution in [0.5, 0.6) is 5.75 Å². The van der Waals surface area contributed by atoms with Crippen LogP contribution in [-0.2, 0) is 16.6 Å². The van der Waals surface area contributed by atoms with Crippen molar-refractivity contribution in [2.75, 3.05) is 19.7 Å². The van der Waals surface area contributed by atoms with Gasteiger partial charge in [-0.15, -0.1) is 0 Å². The molecule has 0 bridgehead atoms. The number of likely N-dealkylation sites (tertiary alicyclic amines) is 1. The molecule has 2 rings (SSSR count). The van der Waals surface area contributed by atoms with E-state index in [0.29, 0.717) is 13.0 Å². The Balaban J connectivity index is 1.79. The van der Waals surface area contributed by atoms with E-state index >= 15 is 0 Å². The van der Waals surface area contributed by atoms with Gasteiger partial charge in [0, 0.05) is 13.1 Å². The second-order valence-corrected chi connectivity index (χ2v) is 8.49. The maximum atomic E-state index is 11.5. The lowest BCUT2D eigenvalue weighted by Crippen LogP contribution is -2.44. The molecule has 2 N–H and O–H groups in total. The Kier molecular flexibility index (Phi) is 7.52. The van der Waals surface area contributed by atoms with Crippen molar-refractivity contribution in [1.82, 2.24) is 4.90 Å². The summed E-state index contributed by atoms with van der Waals surface area (Å²) in [5.74, 6) is 0.899. The van der Waals surface area contributed by atoms with Gasteiger partial charge in [-0.1, -0.05) is 38.3 Å². The molecule has 1 heterocycles. The van der Waals surface area contributed by atoms with E-state index in [0.717, 1.165) is 38.3 Å². The lowest BCUT2D eigenvalue weighted by atomic mass is 10.1. The summed E-state index contributed by atoms with van der Waals surface area (Å²) < 4.78 is 28.8. The third kappa shape index (κ3) is 6.42. The van der Waals surface area contributed by atoms with Crippen LogP contribution in [0.3, 0.4) is 0 Å². The van der Waals surface area contributed by atoms with Gasteiger partial charge in [0.25, 0.3) is 0 Å². The van der Waals surface area contributed by atoms with Crippen molar-refractivity contribution in [3.05, 3.63) is 29.8 Å². The Morgan fingerprint density at radius 2 is 1.96 bits per heavy atom. The van der Waals surface area contributed by atoms with Gasteiger partial charge in [0.2, 0.25) is 10.0 Å². The summed E-state index contributed by atoms with van der Waals surface area (Å²) in [6.07, 6.45) is 6.35. The second-order valence-electron chi connectivity index (χ2n) is 6.64. The van der Waals surface area contributed by atoms with Crippen molar-refractivity contribution in [3.63, 3.8) is 0 Å². The monoisotopic (exact) mass is 354 g/mol. The summed E-state index contributed by atoms with van der Waals surface area (Å²) >= 11 is 0. The van der Waals surface area contributed by atoms with Gasteiger partial charge in [-0.3, -0.25) is 4.90 Å². The average molecular weight is 355 g/mol. The van der Waals surface area contributed by atoms with Crippen LogP contribution in [0.1, 0.15) is 51.0 Å². The molecule has 136 valence electrons. The van der Waals surface area contributed by atoms with Gasteiger partial charge in [0.05, 0.1) is 11.9 Å². The Hall–Kier alpha value is -1.11. The summed E-state index contributed by atoms with van der Waals surface area (Å²) in [6, 6.07) is 8.11. The van der Waals surface area contributed by atoms with E-state index in [1.165, 1.54) is 24.8 Å². The summed E-state index contributed by atoms with van der Waals surface area (Å²) in [7, 11) is -3.44. The number of nitrogens with two attached hydrogens (primary N) is 1. The number of unbranched alkanes of at least 4 members (excludes halogenated alkanes) is 3. The molecule has 24 heavy (non-hydrogen) atoms. The molecule has 1 saturated heterocycles. The van der Waals surface area contributed by atoms with Crippen LogP contribution in [0.25, 0.3) is 0 Å². The Labute approximate surface area is 146 Å². The van der Waals surface area contributed by atoms with E-state index in [-0.39, 0.29) is 0 Å². The predicted molar refractivity (Wildman–Crippen MR) is 97.5 cm³/mol. The Morgan fingerprint density at radius 1 is 1.21 bits per heavy atom. The molecule has 6 heteroatoms. The molecular weight excluding hydrogens is 324 g/mol. The molecule has 1 aromatic rings. The summed E-state index contributed by atoms with van der Waals surface area (Å²) in [6.45, 7) is 5.16. The number of hydrogen-bond donors (Lipinski definition) is 1. The average Bonchev–Trinajstić information content (AvgIpc) is 2.56. The highest BCUT2D eigenvalue weighted by Crippen LogP contribution is 2.19. The molecule has 0 spiro atoms. The Bertz CT molecular complexity index is 587. The van der Waals surface area contributed by atoms with Crippen LogP contribution >= 0.6 is 0 Å². The zero-order valence-electron chi connectivity index (χ0n) is 14.6. The molecule has 1 aromatic carbocycles. The SMILES string of the molecule is CCCCCCOc1ccc(CN2CCC[C@H](S(N)(=O)=O)C2)cc1. The van der Waals surface area contributed by atoms with Gasteiger partial charge in [0.1, 0.15) is 5.75 Å². The number of ether oxygens (including phenoxy) is 1. The minimum absolute atomic E-state index is 0.433. The number of sulfonamides is 1. The van der Waals surface area contributed by atoms with Crippen LogP contribution in [-0.4, -0.2) is 38.3 Å². The molecule has 0 radical (unpaired) electrons. The molecule has 1 atom stereocenters. The van der Waals surface area contributed by atoms with Gasteiger partial charge in [-0.25, -0.2) is 13.6 Å². The number of hydrogen-bond acceptors (Lipinski definition) is 4. The van der Waals surface area contributed by atoms with E-state index in [1.54, 1.807) is 0 Å². The summed E-state index contributed by atoms with van der Waals surface area (Å²) in [4.78, 5) is 2.17. The lowest BCUT2D eigenvalue weighted by molar-refractivity contribution is 0.222. The lowest BCUT2D eigenvalue weighted by Gasteiger charge is -2.31. The molecule has 1 aliphatic rings.